The molecule has 3 saturated carbocycles. The third-order valence-corrected chi connectivity index (χ3v) is 13.8. The van der Waals surface area contributed by atoms with Gasteiger partial charge in [-0.3, -0.25) is 0 Å². The van der Waals surface area contributed by atoms with Gasteiger partial charge in [-0.15, -0.1) is 0 Å². The Balaban J connectivity index is 1.01. The molecule has 9 unspecified atom stereocenters. The second kappa shape index (κ2) is 15.2. The highest BCUT2D eigenvalue weighted by molar-refractivity contribution is 6.10. The Morgan fingerprint density at radius 2 is 1.59 bits per heavy atom. The van der Waals surface area contributed by atoms with E-state index in [-0.39, 0.29) is 6.23 Å². The van der Waals surface area contributed by atoms with Crippen LogP contribution in [0, 0.1) is 47.3 Å². The molecule has 0 saturated heterocycles. The molecular weight excluding hydrogens is 599 g/mol. The number of ether oxygens (including phenoxy) is 1. The molecule has 3 fully saturated rings. The smallest absolute Gasteiger partial charge is 0.219 e. The molecule has 7 aliphatic rings. The van der Waals surface area contributed by atoms with Gasteiger partial charge in [-0.05, 0) is 130 Å². The molecule has 1 aromatic carbocycles. The van der Waals surface area contributed by atoms with E-state index in [9.17, 15) is 0 Å². The maximum absolute atomic E-state index is 6.71. The fourth-order valence-electron chi connectivity index (χ4n) is 11.3. The zero-order valence-corrected chi connectivity index (χ0v) is 29.6. The second-order valence-electron chi connectivity index (χ2n) is 16.5. The SMILES string of the molecule is NC(OC(N)C1CCC(C2CC3C=CCCC3CC2C2CCCCC2C2=CC(C3=CCCC=C3)=[N+]2C2C=CC=CC2)CC1)c1ccccc1. The van der Waals surface area contributed by atoms with E-state index in [1.165, 1.54) is 88.3 Å². The van der Waals surface area contributed by atoms with E-state index in [1.54, 1.807) is 5.70 Å². The second-order valence-corrected chi connectivity index (χ2v) is 16.5. The standard InChI is InChI=1S/C45H60N3O/c46-44(33-16-6-2-7-17-33)49-45(47)34-26-24-31(25-27-34)40-28-35-18-10-11-19-36(35)29-41(40)38-22-12-13-23-39(38)43-30-42(32-14-4-1-5-15-32)48(43)37-20-8-3-9-21-37/h2-4,6-10,14-18,20,30-31,34-41,44-45H,1,5,11-13,19,21-29,46-47H2/q+1. The van der Waals surface area contributed by atoms with E-state index in [2.05, 4.69) is 65.3 Å². The van der Waals surface area contributed by atoms with E-state index < -0.39 is 6.23 Å². The van der Waals surface area contributed by atoms with Crippen molar-refractivity contribution in [3.8, 4) is 0 Å². The molecular formula is C45H60N3O+. The minimum atomic E-state index is -0.460. The Morgan fingerprint density at radius 3 is 2.39 bits per heavy atom. The molecule has 4 nitrogen and oxygen atoms in total. The number of benzene rings is 1. The maximum Gasteiger partial charge on any atom is 0.219 e. The Bertz CT molecular complexity index is 1520. The Morgan fingerprint density at radius 1 is 0.735 bits per heavy atom. The lowest BCUT2D eigenvalue weighted by Gasteiger charge is -2.51. The molecule has 0 amide bonds. The van der Waals surface area contributed by atoms with Crippen LogP contribution < -0.4 is 11.5 Å². The van der Waals surface area contributed by atoms with Crippen molar-refractivity contribution in [2.75, 3.05) is 0 Å². The highest BCUT2D eigenvalue weighted by atomic mass is 16.5. The summed E-state index contributed by atoms with van der Waals surface area (Å²) >= 11 is 0. The summed E-state index contributed by atoms with van der Waals surface area (Å²) in [7, 11) is 0. The molecule has 1 aliphatic heterocycles. The average Bonchev–Trinajstić information content (AvgIpc) is 3.15. The van der Waals surface area contributed by atoms with Crippen LogP contribution in [0.4, 0.5) is 0 Å². The van der Waals surface area contributed by atoms with E-state index in [1.807, 2.05) is 30.3 Å². The van der Waals surface area contributed by atoms with Gasteiger partial charge >= 0.3 is 0 Å². The monoisotopic (exact) mass is 658 g/mol. The van der Waals surface area contributed by atoms with Crippen LogP contribution in [0.1, 0.15) is 108 Å². The fraction of sp³-hybridized carbons (Fsp3) is 0.578. The summed E-state index contributed by atoms with van der Waals surface area (Å²) in [5, 5.41) is 0. The van der Waals surface area contributed by atoms with Gasteiger partial charge in [-0.2, -0.15) is 4.58 Å². The van der Waals surface area contributed by atoms with Crippen LogP contribution in [0.3, 0.4) is 0 Å². The number of allylic oxidation sites excluding steroid dienone is 10. The summed E-state index contributed by atoms with van der Waals surface area (Å²) in [5.74, 6) is 5.99. The number of fused-ring (bicyclic) bond motifs is 1. The van der Waals surface area contributed by atoms with Gasteiger partial charge in [0, 0.05) is 17.9 Å². The summed E-state index contributed by atoms with van der Waals surface area (Å²) in [6.45, 7) is 0. The molecule has 49 heavy (non-hydrogen) atoms. The van der Waals surface area contributed by atoms with Crippen LogP contribution in [0.5, 0.6) is 0 Å². The predicted octanol–water partition coefficient (Wildman–Crippen LogP) is 9.68. The van der Waals surface area contributed by atoms with Crippen molar-refractivity contribution in [3.63, 3.8) is 0 Å². The van der Waals surface area contributed by atoms with Crippen molar-refractivity contribution in [1.82, 2.24) is 0 Å². The summed E-state index contributed by atoms with van der Waals surface area (Å²) in [5.41, 5.74) is 18.7. The maximum atomic E-state index is 6.71. The van der Waals surface area contributed by atoms with Gasteiger partial charge in [0.25, 0.3) is 0 Å². The third-order valence-electron chi connectivity index (χ3n) is 13.8. The van der Waals surface area contributed by atoms with Crippen molar-refractivity contribution in [3.05, 3.63) is 108 Å². The minimum Gasteiger partial charge on any atom is -0.341 e. The van der Waals surface area contributed by atoms with Crippen molar-refractivity contribution < 1.29 is 9.31 Å². The van der Waals surface area contributed by atoms with Gasteiger partial charge in [-0.25, -0.2) is 0 Å². The topological polar surface area (TPSA) is 64.3 Å². The van der Waals surface area contributed by atoms with E-state index in [0.29, 0.717) is 17.9 Å². The molecule has 9 atom stereocenters. The van der Waals surface area contributed by atoms with Crippen LogP contribution in [0.25, 0.3) is 0 Å². The van der Waals surface area contributed by atoms with Crippen LogP contribution in [0.2, 0.25) is 0 Å². The predicted molar refractivity (Wildman–Crippen MR) is 201 cm³/mol. The molecule has 0 aromatic heterocycles. The molecule has 1 heterocycles. The Kier molecular flexibility index (Phi) is 10.4. The number of hydrogen-bond donors (Lipinski definition) is 2. The quantitative estimate of drug-likeness (QED) is 0.158. The van der Waals surface area contributed by atoms with Crippen LogP contribution in [-0.4, -0.2) is 22.6 Å². The molecule has 8 rings (SSSR count). The first-order chi connectivity index (χ1) is 24.1. The number of hydrogen-bond acceptors (Lipinski definition) is 3. The van der Waals surface area contributed by atoms with Crippen molar-refractivity contribution in [2.45, 2.75) is 115 Å². The summed E-state index contributed by atoms with van der Waals surface area (Å²) in [4.78, 5) is 0. The Labute approximate surface area is 295 Å². The summed E-state index contributed by atoms with van der Waals surface area (Å²) in [6.07, 6.45) is 43.0. The van der Waals surface area contributed by atoms with Crippen LogP contribution in [-0.2, 0) is 4.74 Å². The van der Waals surface area contributed by atoms with Gasteiger partial charge in [0.05, 0.1) is 6.08 Å². The molecule has 6 aliphatic carbocycles. The first kappa shape index (κ1) is 33.4. The zero-order chi connectivity index (χ0) is 33.2. The molecule has 4 N–H and O–H groups in total. The molecule has 1 aromatic rings. The fourth-order valence-corrected chi connectivity index (χ4v) is 11.3. The highest BCUT2D eigenvalue weighted by Gasteiger charge is 2.51. The summed E-state index contributed by atoms with van der Waals surface area (Å²) in [6, 6.07) is 10.6. The minimum absolute atomic E-state index is 0.300. The molecule has 0 spiro atoms. The molecule has 0 bridgehead atoms. The van der Waals surface area contributed by atoms with Crippen molar-refractivity contribution in [2.24, 2.45) is 58.8 Å². The Hall–Kier alpha value is -2.79. The van der Waals surface area contributed by atoms with Gasteiger partial charge in [0.2, 0.25) is 5.71 Å². The molecule has 4 heteroatoms. The van der Waals surface area contributed by atoms with Gasteiger partial charge in [0.1, 0.15) is 12.5 Å². The molecule has 0 radical (unpaired) electrons. The zero-order valence-electron chi connectivity index (χ0n) is 29.6. The van der Waals surface area contributed by atoms with Gasteiger partial charge < -0.3 is 16.2 Å². The average molecular weight is 659 g/mol. The van der Waals surface area contributed by atoms with Crippen molar-refractivity contribution >= 4 is 5.71 Å². The molecule has 260 valence electrons. The highest BCUT2D eigenvalue weighted by Crippen LogP contribution is 2.56. The number of rotatable bonds is 9. The lowest BCUT2D eigenvalue weighted by atomic mass is 9.54. The number of nitrogens with zero attached hydrogens (tertiary/aromatic N) is 1. The van der Waals surface area contributed by atoms with E-state index in [4.69, 9.17) is 16.2 Å². The van der Waals surface area contributed by atoms with Crippen molar-refractivity contribution in [1.29, 1.82) is 0 Å². The number of nitrogens with two attached hydrogens (primary N) is 2. The summed E-state index contributed by atoms with van der Waals surface area (Å²) < 4.78 is 9.02. The van der Waals surface area contributed by atoms with Crippen LogP contribution in [0.15, 0.2) is 102 Å². The first-order valence-electron chi connectivity index (χ1n) is 20.1. The van der Waals surface area contributed by atoms with Gasteiger partial charge in [0.15, 0.2) is 11.7 Å². The third kappa shape index (κ3) is 7.08. The lowest BCUT2D eigenvalue weighted by molar-refractivity contribution is -0.524. The van der Waals surface area contributed by atoms with E-state index in [0.717, 1.165) is 60.3 Å². The largest absolute Gasteiger partial charge is 0.341 e. The van der Waals surface area contributed by atoms with E-state index >= 15 is 0 Å². The normalized spacial score (nSPS) is 37.1. The van der Waals surface area contributed by atoms with Gasteiger partial charge in [-0.1, -0.05) is 91.8 Å². The first-order valence-corrected chi connectivity index (χ1v) is 20.1. The lowest BCUT2D eigenvalue weighted by Crippen LogP contribution is -2.47. The van der Waals surface area contributed by atoms with Crippen LogP contribution >= 0.6 is 0 Å².